The third-order valence-electron chi connectivity index (χ3n) is 2.68. The number of hydrogen-bond acceptors (Lipinski definition) is 4. The van der Waals surface area contributed by atoms with Crippen molar-refractivity contribution in [1.82, 2.24) is 4.90 Å². The lowest BCUT2D eigenvalue weighted by Crippen LogP contribution is -2.36. The molecule has 3 atom stereocenters. The van der Waals surface area contributed by atoms with Crippen molar-refractivity contribution in [2.24, 2.45) is 17.6 Å². The monoisotopic (exact) mass is 214 g/mol. The van der Waals surface area contributed by atoms with Crippen LogP contribution in [0.1, 0.15) is 13.3 Å². The maximum Gasteiger partial charge on any atom is 0.310 e. The standard InChI is InChI=1S/C10H18N2O3/c1-6(10(14)15-3)5-12(2)9(13)7-4-8(7)11/h6-8H,4-5,11H2,1-3H3. The number of methoxy groups -OCH3 is 1. The first-order chi connectivity index (χ1) is 6.97. The van der Waals surface area contributed by atoms with Crippen LogP contribution in [0.4, 0.5) is 0 Å². The van der Waals surface area contributed by atoms with E-state index in [-0.39, 0.29) is 29.8 Å². The van der Waals surface area contributed by atoms with Crippen LogP contribution in [0.15, 0.2) is 0 Å². The first-order valence-corrected chi connectivity index (χ1v) is 5.05. The Bertz CT molecular complexity index is 267. The van der Waals surface area contributed by atoms with Crippen molar-refractivity contribution < 1.29 is 14.3 Å². The van der Waals surface area contributed by atoms with Crippen LogP contribution in [0.3, 0.4) is 0 Å². The van der Waals surface area contributed by atoms with E-state index in [1.54, 1.807) is 18.9 Å². The Morgan fingerprint density at radius 2 is 2.13 bits per heavy atom. The van der Waals surface area contributed by atoms with Gasteiger partial charge in [0.15, 0.2) is 0 Å². The van der Waals surface area contributed by atoms with Gasteiger partial charge in [-0.25, -0.2) is 0 Å². The lowest BCUT2D eigenvalue weighted by molar-refractivity contribution is -0.146. The molecule has 86 valence electrons. The highest BCUT2D eigenvalue weighted by Gasteiger charge is 2.41. The number of esters is 1. The molecule has 0 spiro atoms. The van der Waals surface area contributed by atoms with Crippen LogP contribution in [-0.4, -0.2) is 43.5 Å². The number of ether oxygens (including phenoxy) is 1. The molecule has 1 rings (SSSR count). The molecule has 0 aromatic carbocycles. The number of hydrogen-bond donors (Lipinski definition) is 1. The zero-order valence-electron chi connectivity index (χ0n) is 9.40. The SMILES string of the molecule is COC(=O)C(C)CN(C)C(=O)C1CC1N. The van der Waals surface area contributed by atoms with Crippen LogP contribution in [0.2, 0.25) is 0 Å². The molecule has 5 nitrogen and oxygen atoms in total. The van der Waals surface area contributed by atoms with E-state index in [1.807, 2.05) is 0 Å². The zero-order chi connectivity index (χ0) is 11.6. The van der Waals surface area contributed by atoms with Gasteiger partial charge in [0.2, 0.25) is 5.91 Å². The summed E-state index contributed by atoms with van der Waals surface area (Å²) in [7, 11) is 3.03. The molecule has 0 saturated heterocycles. The molecule has 0 aromatic rings. The molecule has 5 heteroatoms. The summed E-state index contributed by atoms with van der Waals surface area (Å²) in [6, 6.07) is 0.00776. The molecule has 0 heterocycles. The molecule has 1 saturated carbocycles. The predicted molar refractivity (Wildman–Crippen MR) is 54.9 cm³/mol. The third kappa shape index (κ3) is 2.92. The maximum absolute atomic E-state index is 11.7. The van der Waals surface area contributed by atoms with Crippen LogP contribution < -0.4 is 5.73 Å². The molecule has 0 bridgehead atoms. The molecular weight excluding hydrogens is 196 g/mol. The van der Waals surface area contributed by atoms with Gasteiger partial charge in [0, 0.05) is 19.6 Å². The fourth-order valence-electron chi connectivity index (χ4n) is 1.56. The second-order valence-corrected chi connectivity index (χ2v) is 4.15. The van der Waals surface area contributed by atoms with Gasteiger partial charge in [-0.05, 0) is 6.42 Å². The molecule has 1 aliphatic rings. The number of rotatable bonds is 4. The van der Waals surface area contributed by atoms with E-state index in [4.69, 9.17) is 5.73 Å². The zero-order valence-corrected chi connectivity index (χ0v) is 9.40. The smallest absolute Gasteiger partial charge is 0.310 e. The highest BCUT2D eigenvalue weighted by molar-refractivity contribution is 5.82. The largest absolute Gasteiger partial charge is 0.469 e. The minimum absolute atomic E-state index is 0.00776. The van der Waals surface area contributed by atoms with Crippen LogP contribution in [0.25, 0.3) is 0 Å². The van der Waals surface area contributed by atoms with Crippen molar-refractivity contribution in [1.29, 1.82) is 0 Å². The highest BCUT2D eigenvalue weighted by Crippen LogP contribution is 2.29. The molecular formula is C10H18N2O3. The maximum atomic E-state index is 11.7. The summed E-state index contributed by atoms with van der Waals surface area (Å²) < 4.78 is 4.59. The summed E-state index contributed by atoms with van der Waals surface area (Å²) in [6.45, 7) is 2.12. The first kappa shape index (κ1) is 12.0. The van der Waals surface area contributed by atoms with Crippen molar-refractivity contribution in [3.05, 3.63) is 0 Å². The number of nitrogens with two attached hydrogens (primary N) is 1. The molecule has 0 radical (unpaired) electrons. The first-order valence-electron chi connectivity index (χ1n) is 5.05. The van der Waals surface area contributed by atoms with E-state index in [0.717, 1.165) is 6.42 Å². The van der Waals surface area contributed by atoms with E-state index >= 15 is 0 Å². The van der Waals surface area contributed by atoms with E-state index < -0.39 is 0 Å². The normalized spacial score (nSPS) is 25.6. The van der Waals surface area contributed by atoms with Gasteiger partial charge >= 0.3 is 5.97 Å². The van der Waals surface area contributed by atoms with Crippen molar-refractivity contribution in [2.75, 3.05) is 20.7 Å². The van der Waals surface area contributed by atoms with Gasteiger partial charge in [0.25, 0.3) is 0 Å². The van der Waals surface area contributed by atoms with Crippen LogP contribution in [-0.2, 0) is 14.3 Å². The molecule has 1 amide bonds. The molecule has 3 unspecified atom stereocenters. The van der Waals surface area contributed by atoms with Gasteiger partial charge in [0.1, 0.15) is 0 Å². The van der Waals surface area contributed by atoms with Gasteiger partial charge < -0.3 is 15.4 Å². The Morgan fingerprint density at radius 3 is 2.53 bits per heavy atom. The van der Waals surface area contributed by atoms with Gasteiger partial charge in [0.05, 0.1) is 18.9 Å². The summed E-state index contributed by atoms with van der Waals surface area (Å²) in [5.74, 6) is -0.605. The van der Waals surface area contributed by atoms with E-state index in [1.165, 1.54) is 7.11 Å². The van der Waals surface area contributed by atoms with Gasteiger partial charge in [-0.2, -0.15) is 0 Å². The van der Waals surface area contributed by atoms with Crippen molar-refractivity contribution >= 4 is 11.9 Å². The Hall–Kier alpha value is -1.10. The summed E-state index contributed by atoms with van der Waals surface area (Å²) in [5, 5.41) is 0. The molecule has 1 fully saturated rings. The Morgan fingerprint density at radius 1 is 1.60 bits per heavy atom. The number of carbonyl (C=O) groups is 2. The number of carbonyl (C=O) groups excluding carboxylic acids is 2. The van der Waals surface area contributed by atoms with E-state index in [0.29, 0.717) is 6.54 Å². The van der Waals surface area contributed by atoms with E-state index in [2.05, 4.69) is 4.74 Å². The Balaban J connectivity index is 2.38. The second-order valence-electron chi connectivity index (χ2n) is 4.15. The summed E-state index contributed by atoms with van der Waals surface area (Å²) in [5.41, 5.74) is 5.58. The molecule has 1 aliphatic carbocycles. The highest BCUT2D eigenvalue weighted by atomic mass is 16.5. The molecule has 2 N–H and O–H groups in total. The fourth-order valence-corrected chi connectivity index (χ4v) is 1.56. The van der Waals surface area contributed by atoms with Crippen LogP contribution in [0, 0.1) is 11.8 Å². The average molecular weight is 214 g/mol. The predicted octanol–water partition coefficient (Wildman–Crippen LogP) is -0.399. The summed E-state index contributed by atoms with van der Waals surface area (Å²) in [4.78, 5) is 24.3. The van der Waals surface area contributed by atoms with Gasteiger partial charge in [-0.15, -0.1) is 0 Å². The number of nitrogens with zero attached hydrogens (tertiary/aromatic N) is 1. The number of amides is 1. The van der Waals surface area contributed by atoms with Crippen molar-refractivity contribution in [3.8, 4) is 0 Å². The topological polar surface area (TPSA) is 72.6 Å². The summed E-state index contributed by atoms with van der Waals surface area (Å²) >= 11 is 0. The Kier molecular flexibility index (Phi) is 3.68. The van der Waals surface area contributed by atoms with E-state index in [9.17, 15) is 9.59 Å². The third-order valence-corrected chi connectivity index (χ3v) is 2.68. The second kappa shape index (κ2) is 4.61. The lowest BCUT2D eigenvalue weighted by Gasteiger charge is -2.20. The Labute approximate surface area is 89.6 Å². The minimum atomic E-state index is -0.297. The quantitative estimate of drug-likeness (QED) is 0.646. The van der Waals surface area contributed by atoms with Crippen molar-refractivity contribution in [2.45, 2.75) is 19.4 Å². The average Bonchev–Trinajstić information content (AvgIpc) is 2.92. The summed E-state index contributed by atoms with van der Waals surface area (Å²) in [6.07, 6.45) is 0.760. The van der Waals surface area contributed by atoms with Crippen LogP contribution >= 0.6 is 0 Å². The van der Waals surface area contributed by atoms with Gasteiger partial charge in [-0.3, -0.25) is 9.59 Å². The molecule has 15 heavy (non-hydrogen) atoms. The van der Waals surface area contributed by atoms with Crippen LogP contribution in [0.5, 0.6) is 0 Å². The minimum Gasteiger partial charge on any atom is -0.469 e. The van der Waals surface area contributed by atoms with Crippen molar-refractivity contribution in [3.63, 3.8) is 0 Å². The lowest BCUT2D eigenvalue weighted by atomic mass is 10.1. The van der Waals surface area contributed by atoms with Gasteiger partial charge in [-0.1, -0.05) is 6.92 Å². The molecule has 0 aliphatic heterocycles. The fraction of sp³-hybridized carbons (Fsp3) is 0.800. The molecule has 0 aromatic heterocycles.